The molecule has 0 bridgehead atoms. The predicted octanol–water partition coefficient (Wildman–Crippen LogP) is 1.28. The van der Waals surface area contributed by atoms with Gasteiger partial charge in [0.1, 0.15) is 4.21 Å². The number of hydrogen-bond donors (Lipinski definition) is 3. The molecule has 20 heavy (non-hydrogen) atoms. The minimum Gasteiger partial charge on any atom is -0.478 e. The standard InChI is InChI=1S/C12H17NO5S2/c14-10-3-1-2-8(4-10)6-13-20(17,18)11-5-9(7-19-11)12(15)16/h5,7-8,10,13-14H,1-4,6H2,(H,15,16). The lowest BCUT2D eigenvalue weighted by atomic mass is 9.87. The Hall–Kier alpha value is -0.960. The van der Waals surface area contributed by atoms with Crippen LogP contribution in [0.3, 0.4) is 0 Å². The van der Waals surface area contributed by atoms with Crippen LogP contribution in [0.15, 0.2) is 15.7 Å². The van der Waals surface area contributed by atoms with Crippen LogP contribution >= 0.6 is 11.3 Å². The van der Waals surface area contributed by atoms with Crippen LogP contribution in [-0.4, -0.2) is 37.2 Å². The van der Waals surface area contributed by atoms with Crippen molar-refractivity contribution in [3.63, 3.8) is 0 Å². The molecule has 0 aliphatic heterocycles. The van der Waals surface area contributed by atoms with Gasteiger partial charge in [0.2, 0.25) is 10.0 Å². The third kappa shape index (κ3) is 3.78. The zero-order valence-electron chi connectivity index (χ0n) is 10.8. The first-order valence-electron chi connectivity index (χ1n) is 6.38. The van der Waals surface area contributed by atoms with Gasteiger partial charge in [-0.25, -0.2) is 17.9 Å². The van der Waals surface area contributed by atoms with Gasteiger partial charge in [-0.1, -0.05) is 6.42 Å². The maximum Gasteiger partial charge on any atom is 0.336 e. The third-order valence-electron chi connectivity index (χ3n) is 3.40. The summed E-state index contributed by atoms with van der Waals surface area (Å²) in [6.45, 7) is 0.277. The maximum atomic E-state index is 12.0. The van der Waals surface area contributed by atoms with Crippen molar-refractivity contribution in [1.29, 1.82) is 0 Å². The Kier molecular flexibility index (Phi) is 4.79. The molecule has 112 valence electrons. The fraction of sp³-hybridized carbons (Fsp3) is 0.583. The number of aromatic carboxylic acids is 1. The van der Waals surface area contributed by atoms with Gasteiger partial charge in [-0.2, -0.15) is 0 Å². The van der Waals surface area contributed by atoms with Crippen LogP contribution in [0.1, 0.15) is 36.0 Å². The topological polar surface area (TPSA) is 104 Å². The van der Waals surface area contributed by atoms with E-state index in [0.717, 1.165) is 36.7 Å². The first-order chi connectivity index (χ1) is 9.38. The van der Waals surface area contributed by atoms with Crippen molar-refractivity contribution >= 4 is 27.3 Å². The number of rotatable bonds is 5. The summed E-state index contributed by atoms with van der Waals surface area (Å²) < 4.78 is 26.6. The number of carboxylic acids is 1. The van der Waals surface area contributed by atoms with Gasteiger partial charge in [0, 0.05) is 11.9 Å². The normalized spacial score (nSPS) is 23.6. The summed E-state index contributed by atoms with van der Waals surface area (Å²) in [7, 11) is -3.67. The van der Waals surface area contributed by atoms with E-state index in [2.05, 4.69) is 4.72 Å². The summed E-state index contributed by atoms with van der Waals surface area (Å²) in [5.74, 6) is -1.01. The third-order valence-corrected chi connectivity index (χ3v) is 6.27. The number of thiophene rings is 1. The molecule has 1 aromatic rings. The summed E-state index contributed by atoms with van der Waals surface area (Å²) in [4.78, 5) is 10.7. The van der Waals surface area contributed by atoms with Crippen LogP contribution in [0.2, 0.25) is 0 Å². The minimum atomic E-state index is -3.67. The number of carboxylic acid groups (broad SMARTS) is 1. The first-order valence-corrected chi connectivity index (χ1v) is 8.74. The lowest BCUT2D eigenvalue weighted by molar-refractivity contribution is 0.0697. The Bertz CT molecular complexity index is 580. The molecular formula is C12H17NO5S2. The molecule has 1 heterocycles. The Labute approximate surface area is 121 Å². The van der Waals surface area contributed by atoms with Crippen LogP contribution in [-0.2, 0) is 10.0 Å². The van der Waals surface area contributed by atoms with E-state index < -0.39 is 16.0 Å². The van der Waals surface area contributed by atoms with Crippen molar-refractivity contribution < 1.29 is 23.4 Å². The number of aliphatic hydroxyl groups excluding tert-OH is 1. The van der Waals surface area contributed by atoms with Gasteiger partial charge >= 0.3 is 5.97 Å². The monoisotopic (exact) mass is 319 g/mol. The molecule has 2 rings (SSSR count). The average Bonchev–Trinajstić information content (AvgIpc) is 2.87. The fourth-order valence-corrected chi connectivity index (χ4v) is 4.63. The number of sulfonamides is 1. The van der Waals surface area contributed by atoms with Crippen molar-refractivity contribution in [3.05, 3.63) is 17.0 Å². The fourth-order valence-electron chi connectivity index (χ4n) is 2.32. The number of hydrogen-bond acceptors (Lipinski definition) is 5. The molecule has 1 fully saturated rings. The van der Waals surface area contributed by atoms with Crippen LogP contribution in [0, 0.1) is 5.92 Å². The highest BCUT2D eigenvalue weighted by Gasteiger charge is 2.24. The van der Waals surface area contributed by atoms with Crippen molar-refractivity contribution in [1.82, 2.24) is 4.72 Å². The van der Waals surface area contributed by atoms with Gasteiger partial charge in [0.25, 0.3) is 0 Å². The summed E-state index contributed by atoms with van der Waals surface area (Å²) >= 11 is 0.891. The van der Waals surface area contributed by atoms with Gasteiger partial charge in [-0.05, 0) is 31.2 Å². The Morgan fingerprint density at radius 2 is 2.20 bits per heavy atom. The summed E-state index contributed by atoms with van der Waals surface area (Å²) in [6, 6.07) is 1.16. The summed E-state index contributed by atoms with van der Waals surface area (Å²) in [5, 5.41) is 19.6. The lowest BCUT2D eigenvalue weighted by Crippen LogP contribution is -2.32. The molecule has 0 aromatic carbocycles. The molecule has 1 aromatic heterocycles. The highest BCUT2D eigenvalue weighted by atomic mass is 32.2. The molecule has 1 aliphatic carbocycles. The van der Waals surface area contributed by atoms with Gasteiger partial charge in [-0.15, -0.1) is 11.3 Å². The molecule has 2 unspecified atom stereocenters. The molecule has 1 aliphatic rings. The van der Waals surface area contributed by atoms with Crippen LogP contribution in [0.5, 0.6) is 0 Å². The predicted molar refractivity (Wildman–Crippen MR) is 74.4 cm³/mol. The van der Waals surface area contributed by atoms with E-state index in [1.807, 2.05) is 0 Å². The number of nitrogens with one attached hydrogen (secondary N) is 1. The molecule has 0 amide bonds. The second-order valence-corrected chi connectivity index (χ2v) is 7.90. The number of aliphatic hydroxyl groups is 1. The molecule has 8 heteroatoms. The molecule has 0 radical (unpaired) electrons. The SMILES string of the molecule is O=C(O)c1csc(S(=O)(=O)NCC2CCCC(O)C2)c1. The largest absolute Gasteiger partial charge is 0.478 e. The second kappa shape index (κ2) is 6.21. The maximum absolute atomic E-state index is 12.0. The highest BCUT2D eigenvalue weighted by Crippen LogP contribution is 2.25. The smallest absolute Gasteiger partial charge is 0.336 e. The second-order valence-electron chi connectivity index (χ2n) is 5.00. The summed E-state index contributed by atoms with van der Waals surface area (Å²) in [5.41, 5.74) is -0.0246. The average molecular weight is 319 g/mol. The molecular weight excluding hydrogens is 302 g/mol. The Balaban J connectivity index is 1.98. The Morgan fingerprint density at radius 1 is 1.45 bits per heavy atom. The zero-order chi connectivity index (χ0) is 14.8. The van der Waals surface area contributed by atoms with E-state index in [1.54, 1.807) is 0 Å². The van der Waals surface area contributed by atoms with Gasteiger partial charge in [0.05, 0.1) is 11.7 Å². The first kappa shape index (κ1) is 15.4. The van der Waals surface area contributed by atoms with E-state index in [4.69, 9.17) is 5.11 Å². The van der Waals surface area contributed by atoms with E-state index in [1.165, 1.54) is 5.38 Å². The molecule has 1 saturated carbocycles. The zero-order valence-corrected chi connectivity index (χ0v) is 12.4. The number of carbonyl (C=O) groups is 1. The molecule has 3 N–H and O–H groups in total. The van der Waals surface area contributed by atoms with Crippen molar-refractivity contribution in [3.8, 4) is 0 Å². The van der Waals surface area contributed by atoms with Crippen LogP contribution in [0.25, 0.3) is 0 Å². The van der Waals surface area contributed by atoms with Crippen molar-refractivity contribution in [2.75, 3.05) is 6.54 Å². The lowest BCUT2D eigenvalue weighted by Gasteiger charge is -2.25. The van der Waals surface area contributed by atoms with E-state index >= 15 is 0 Å². The summed E-state index contributed by atoms with van der Waals surface area (Å²) in [6.07, 6.45) is 2.82. The molecule has 2 atom stereocenters. The van der Waals surface area contributed by atoms with Crippen molar-refractivity contribution in [2.24, 2.45) is 5.92 Å². The quantitative estimate of drug-likeness (QED) is 0.758. The van der Waals surface area contributed by atoms with E-state index in [0.29, 0.717) is 6.42 Å². The Morgan fingerprint density at radius 3 is 2.80 bits per heavy atom. The van der Waals surface area contributed by atoms with Gasteiger partial charge in [-0.3, -0.25) is 0 Å². The van der Waals surface area contributed by atoms with Gasteiger partial charge in [0.15, 0.2) is 0 Å². The highest BCUT2D eigenvalue weighted by molar-refractivity contribution is 7.91. The van der Waals surface area contributed by atoms with Gasteiger partial charge < -0.3 is 10.2 Å². The molecule has 0 spiro atoms. The molecule has 0 saturated heterocycles. The molecule has 6 nitrogen and oxygen atoms in total. The van der Waals surface area contributed by atoms with E-state index in [-0.39, 0.29) is 28.3 Å². The van der Waals surface area contributed by atoms with Crippen LogP contribution in [0.4, 0.5) is 0 Å². The van der Waals surface area contributed by atoms with Crippen LogP contribution < -0.4 is 4.72 Å². The van der Waals surface area contributed by atoms with E-state index in [9.17, 15) is 18.3 Å². The van der Waals surface area contributed by atoms with Crippen molar-refractivity contribution in [2.45, 2.75) is 36.0 Å². The minimum absolute atomic E-state index is 0.00579.